The molecule has 1 saturated carbocycles. The Morgan fingerprint density at radius 2 is 0.980 bits per heavy atom. The van der Waals surface area contributed by atoms with Gasteiger partial charge in [0.25, 0.3) is 0 Å². The highest BCUT2D eigenvalue weighted by Gasteiger charge is 2.25. The first-order valence-electron chi connectivity index (χ1n) is 17.8. The molecule has 2 aromatic carbocycles. The van der Waals surface area contributed by atoms with Gasteiger partial charge in [-0.15, -0.1) is 0 Å². The highest BCUT2D eigenvalue weighted by atomic mass is 16.5. The summed E-state index contributed by atoms with van der Waals surface area (Å²) in [7, 11) is 0. The molecule has 0 aliphatic heterocycles. The van der Waals surface area contributed by atoms with Crippen molar-refractivity contribution in [2.45, 2.75) is 89.6 Å². The van der Waals surface area contributed by atoms with Gasteiger partial charge in [0.05, 0.1) is 44.2 Å². The second kappa shape index (κ2) is 23.7. The number of carbonyl (C=O) groups excluding carboxylic acids is 4. The van der Waals surface area contributed by atoms with Crippen molar-refractivity contribution in [2.75, 3.05) is 33.0 Å². The van der Waals surface area contributed by atoms with Crippen LogP contribution in [0.15, 0.2) is 73.8 Å². The van der Waals surface area contributed by atoms with Gasteiger partial charge in [0.2, 0.25) is 0 Å². The monoisotopic (exact) mass is 692 g/mol. The summed E-state index contributed by atoms with van der Waals surface area (Å²) < 4.78 is 32.8. The summed E-state index contributed by atoms with van der Waals surface area (Å²) in [5, 5.41) is 0. The van der Waals surface area contributed by atoms with E-state index in [4.69, 9.17) is 28.4 Å². The van der Waals surface area contributed by atoms with E-state index in [0.29, 0.717) is 61.6 Å². The lowest BCUT2D eigenvalue weighted by Crippen LogP contribution is -2.25. The van der Waals surface area contributed by atoms with Gasteiger partial charge in [0.1, 0.15) is 17.6 Å². The summed E-state index contributed by atoms with van der Waals surface area (Å²) in [4.78, 5) is 47.3. The van der Waals surface area contributed by atoms with Crippen molar-refractivity contribution in [2.24, 2.45) is 5.92 Å². The number of carbonyl (C=O) groups is 4. The fourth-order valence-corrected chi connectivity index (χ4v) is 5.49. The fraction of sp³-hybridized carbons (Fsp3) is 0.500. The summed E-state index contributed by atoms with van der Waals surface area (Å²) in [5.74, 6) is 0.354. The predicted octanol–water partition coefficient (Wildman–Crippen LogP) is 7.99. The maximum absolute atomic E-state index is 12.7. The zero-order chi connectivity index (χ0) is 35.8. The van der Waals surface area contributed by atoms with E-state index >= 15 is 0 Å². The van der Waals surface area contributed by atoms with Gasteiger partial charge >= 0.3 is 23.9 Å². The Bertz CT molecular complexity index is 1330. The molecule has 0 N–H and O–H groups in total. The number of rotatable bonds is 24. The van der Waals surface area contributed by atoms with Crippen LogP contribution in [-0.2, 0) is 28.5 Å². The molecule has 3 rings (SSSR count). The Morgan fingerprint density at radius 3 is 1.44 bits per heavy atom. The normalized spacial score (nSPS) is 15.3. The van der Waals surface area contributed by atoms with Crippen LogP contribution in [0.2, 0.25) is 0 Å². The first kappa shape index (κ1) is 39.8. The van der Waals surface area contributed by atoms with Crippen molar-refractivity contribution in [1.82, 2.24) is 0 Å². The van der Waals surface area contributed by atoms with Crippen LogP contribution in [0.3, 0.4) is 0 Å². The standard InChI is InChI=1S/C40H52O10/c1-3-37(41)47-28-11-7-5-9-26-45-34-21-15-32(16-22-34)39(43)49-30-25-31-13-19-36(20-14-31)50-40(44)33-17-23-35(24-18-33)46-27-10-6-8-12-29-48-38(42)4-2/h3-4,15-18,21-24,31,36H,1-2,5-14,19-20,25-30H2. The summed E-state index contributed by atoms with van der Waals surface area (Å²) in [5.41, 5.74) is 0.983. The number of unbranched alkanes of at least 4 members (excludes halogenated alkanes) is 6. The summed E-state index contributed by atoms with van der Waals surface area (Å²) in [6, 6.07) is 14.0. The molecule has 0 radical (unpaired) electrons. The maximum Gasteiger partial charge on any atom is 0.338 e. The summed E-state index contributed by atoms with van der Waals surface area (Å²) >= 11 is 0. The number of esters is 4. The zero-order valence-electron chi connectivity index (χ0n) is 29.2. The first-order valence-corrected chi connectivity index (χ1v) is 17.8. The Hall–Kier alpha value is -4.60. The highest BCUT2D eigenvalue weighted by Crippen LogP contribution is 2.29. The molecule has 2 aromatic rings. The average Bonchev–Trinajstić information content (AvgIpc) is 3.14. The molecule has 0 spiro atoms. The molecule has 1 fully saturated rings. The Kier molecular flexibility index (Phi) is 18.9. The van der Waals surface area contributed by atoms with Crippen molar-refractivity contribution < 1.29 is 47.6 Å². The summed E-state index contributed by atoms with van der Waals surface area (Å²) in [6.45, 7) is 9.04. The molecule has 0 saturated heterocycles. The molecule has 10 heteroatoms. The van der Waals surface area contributed by atoms with Crippen molar-refractivity contribution >= 4 is 23.9 Å². The van der Waals surface area contributed by atoms with Crippen LogP contribution in [0, 0.1) is 5.92 Å². The smallest absolute Gasteiger partial charge is 0.338 e. The molecule has 0 bridgehead atoms. The largest absolute Gasteiger partial charge is 0.494 e. The van der Waals surface area contributed by atoms with Crippen molar-refractivity contribution in [3.63, 3.8) is 0 Å². The van der Waals surface area contributed by atoms with E-state index in [1.54, 1.807) is 48.5 Å². The molecular formula is C40H52O10. The van der Waals surface area contributed by atoms with Crippen molar-refractivity contribution in [1.29, 1.82) is 0 Å². The molecular weight excluding hydrogens is 640 g/mol. The Morgan fingerprint density at radius 1 is 0.540 bits per heavy atom. The van der Waals surface area contributed by atoms with E-state index in [1.807, 2.05) is 0 Å². The Balaban J connectivity index is 1.21. The lowest BCUT2D eigenvalue weighted by atomic mass is 9.85. The van der Waals surface area contributed by atoms with Gasteiger partial charge < -0.3 is 28.4 Å². The lowest BCUT2D eigenvalue weighted by molar-refractivity contribution is -0.138. The molecule has 50 heavy (non-hydrogen) atoms. The molecule has 0 amide bonds. The molecule has 0 heterocycles. The van der Waals surface area contributed by atoms with Crippen LogP contribution in [-0.4, -0.2) is 63.0 Å². The quantitative estimate of drug-likeness (QED) is 0.0463. The van der Waals surface area contributed by atoms with Crippen LogP contribution < -0.4 is 9.47 Å². The third-order valence-electron chi connectivity index (χ3n) is 8.44. The van der Waals surface area contributed by atoms with E-state index < -0.39 is 11.9 Å². The highest BCUT2D eigenvalue weighted by molar-refractivity contribution is 5.90. The van der Waals surface area contributed by atoms with Gasteiger partial charge in [0.15, 0.2) is 0 Å². The van der Waals surface area contributed by atoms with Gasteiger partial charge in [0, 0.05) is 12.2 Å². The first-order chi connectivity index (χ1) is 24.4. The SMILES string of the molecule is C=CC(=O)OCCCCCCOc1ccc(C(=O)OCCC2CCC(OC(=O)c3ccc(OCCCCCCOC(=O)C=C)cc3)CC2)cc1. The van der Waals surface area contributed by atoms with E-state index in [-0.39, 0.29) is 18.0 Å². The number of hydrogen-bond donors (Lipinski definition) is 0. The lowest BCUT2D eigenvalue weighted by Gasteiger charge is -2.28. The molecule has 0 aromatic heterocycles. The van der Waals surface area contributed by atoms with Crippen LogP contribution in [0.4, 0.5) is 0 Å². The van der Waals surface area contributed by atoms with Crippen LogP contribution >= 0.6 is 0 Å². The molecule has 272 valence electrons. The van der Waals surface area contributed by atoms with Gasteiger partial charge in [-0.3, -0.25) is 0 Å². The maximum atomic E-state index is 12.7. The second-order valence-electron chi connectivity index (χ2n) is 12.3. The van der Waals surface area contributed by atoms with Gasteiger partial charge in [-0.05, 0) is 138 Å². The predicted molar refractivity (Wildman–Crippen MR) is 189 cm³/mol. The van der Waals surface area contributed by atoms with Crippen molar-refractivity contribution in [3.8, 4) is 11.5 Å². The third-order valence-corrected chi connectivity index (χ3v) is 8.44. The van der Waals surface area contributed by atoms with Gasteiger partial charge in [-0.25, -0.2) is 19.2 Å². The molecule has 1 aliphatic carbocycles. The minimum atomic E-state index is -0.393. The van der Waals surface area contributed by atoms with Gasteiger partial charge in [-0.1, -0.05) is 13.2 Å². The Labute approximate surface area is 296 Å². The zero-order valence-corrected chi connectivity index (χ0v) is 29.2. The minimum absolute atomic E-state index is 0.118. The number of benzene rings is 2. The third kappa shape index (κ3) is 16.2. The van der Waals surface area contributed by atoms with Crippen LogP contribution in [0.25, 0.3) is 0 Å². The van der Waals surface area contributed by atoms with Crippen LogP contribution in [0.5, 0.6) is 11.5 Å². The van der Waals surface area contributed by atoms with E-state index in [9.17, 15) is 19.2 Å². The molecule has 0 unspecified atom stereocenters. The molecule has 10 nitrogen and oxygen atoms in total. The van der Waals surface area contributed by atoms with Crippen molar-refractivity contribution in [3.05, 3.63) is 85.0 Å². The van der Waals surface area contributed by atoms with E-state index in [1.165, 1.54) is 0 Å². The van der Waals surface area contributed by atoms with E-state index in [2.05, 4.69) is 13.2 Å². The number of hydrogen-bond acceptors (Lipinski definition) is 10. The van der Waals surface area contributed by atoms with Gasteiger partial charge in [-0.2, -0.15) is 0 Å². The van der Waals surface area contributed by atoms with Crippen LogP contribution in [0.1, 0.15) is 104 Å². The molecule has 1 aliphatic rings. The molecule has 0 atom stereocenters. The topological polar surface area (TPSA) is 124 Å². The fourth-order valence-electron chi connectivity index (χ4n) is 5.49. The second-order valence-corrected chi connectivity index (χ2v) is 12.3. The summed E-state index contributed by atoms with van der Waals surface area (Å²) in [6.07, 6.45) is 13.6. The van der Waals surface area contributed by atoms with E-state index in [0.717, 1.165) is 95.6 Å². The average molecular weight is 693 g/mol. The minimum Gasteiger partial charge on any atom is -0.494 e. The number of ether oxygens (including phenoxy) is 6.